The second-order valence-electron chi connectivity index (χ2n) is 46.2. The van der Waals surface area contributed by atoms with Gasteiger partial charge in [0.05, 0.1) is 36.5 Å². The summed E-state index contributed by atoms with van der Waals surface area (Å²) in [5.74, 6) is 15.2. The van der Waals surface area contributed by atoms with Gasteiger partial charge >= 0.3 is 0 Å². The summed E-state index contributed by atoms with van der Waals surface area (Å²) in [5, 5.41) is 47.6. The number of nitrogens with two attached hydrogens (primary N) is 1. The number of nitrogens with zero attached hydrogens (tertiary/aromatic N) is 4. The van der Waals surface area contributed by atoms with Crippen LogP contribution < -0.4 is 5.73 Å². The third-order valence-electron chi connectivity index (χ3n) is 41.5. The van der Waals surface area contributed by atoms with Crippen LogP contribution in [-0.4, -0.2) is 65.6 Å². The van der Waals surface area contributed by atoms with Gasteiger partial charge in [-0.05, 0) is 425 Å². The van der Waals surface area contributed by atoms with Crippen molar-refractivity contribution in [2.45, 2.75) is 329 Å². The van der Waals surface area contributed by atoms with Gasteiger partial charge in [-0.1, -0.05) is 175 Å². The van der Waals surface area contributed by atoms with Gasteiger partial charge < -0.3 is 26.2 Å². The van der Waals surface area contributed by atoms with E-state index in [1.54, 1.807) is 27.8 Å². The molecule has 642 valence electrons. The average Bonchev–Trinajstić information content (AvgIpc) is 1.55. The summed E-state index contributed by atoms with van der Waals surface area (Å²) < 4.78 is 0. The number of amidine groups is 1. The number of allylic oxidation sites excluding steroid dienone is 3. The van der Waals surface area contributed by atoms with Crippen molar-refractivity contribution >= 4 is 38.3 Å². The zero-order chi connectivity index (χ0) is 83.1. The van der Waals surface area contributed by atoms with Crippen LogP contribution in [0.3, 0.4) is 0 Å². The van der Waals surface area contributed by atoms with E-state index in [2.05, 4.69) is 197 Å². The van der Waals surface area contributed by atoms with Crippen molar-refractivity contribution in [3.8, 4) is 0 Å². The predicted octanol–water partition coefficient (Wildman–Crippen LogP) is 25.6. The van der Waals surface area contributed by atoms with Gasteiger partial charge in [0.25, 0.3) is 0 Å². The van der Waals surface area contributed by atoms with Crippen LogP contribution >= 0.6 is 0 Å². The Morgan fingerprint density at radius 2 is 0.785 bits per heavy atom. The molecule has 0 spiro atoms. The van der Waals surface area contributed by atoms with Gasteiger partial charge in [0, 0.05) is 34.9 Å². The zero-order valence-corrected chi connectivity index (χ0v) is 75.1. The standard InChI is InChI=1S/C29H38O.C28H36N2O.C28H35NO.C27H36N2O/c1-28-15-13-23(30)18-22(28)9-10-24-26-12-11-25(29(26,2)16-14-27(24)28)21-8-7-19-5-3-4-6-20(19)17-21;1-17-29-16-19-14-18(4-9-26(19)30-17)23-7-8-24-22-6-5-20-15-21(31)10-12-27(20,2)25(22)11-13-28(23,24)3;1-27-12-9-22(30)16-21(27)5-6-23-25-8-7-24(28(25,2)13-10-26(23)27)19-3-4-20-17-29-14-11-18(20)15-19;1-26-11-9-19(30)14-18(26)4-6-21-23-8-7-22(27(23,2)12-10-24(21)26)16-3-5-20-17(13-16)15-29-25(20)28/h3-8,17,22-27,30H,9-16,18H2,1-2H3;4-5,9,14,16,21-25,31H,6-8,10-13,15H2,1-3H3;3-5,11,14-15,17,22-26,30H,6-10,12-13,16H2,1-2H3;3-5,13,19,21-24,30H,6-12,14-15H2,1-2H3,(H2,28,29)/t22-,23-,24-,25+,26-,27-,28-,29+;21-,22-,23+,24-,25-,27-,28+;22-,23-,24+,25-,26-,27-,28+;19-,21-,22+,23-,24-,26-,27+/m0000/s1. The first-order valence-corrected chi connectivity index (χ1v) is 49.6. The largest absolute Gasteiger partial charge is 0.393 e. The fourth-order valence-electron chi connectivity index (χ4n) is 34.9. The van der Waals surface area contributed by atoms with E-state index in [-0.39, 0.29) is 24.4 Å². The molecule has 7 aromatic rings. The number of aliphatic imine (C=N–C) groups is 1. The van der Waals surface area contributed by atoms with E-state index in [1.165, 1.54) is 204 Å². The van der Waals surface area contributed by atoms with Crippen LogP contribution in [0.5, 0.6) is 0 Å². The minimum atomic E-state index is -0.110. The summed E-state index contributed by atoms with van der Waals surface area (Å²) >= 11 is 0. The molecule has 0 unspecified atom stereocenters. The molecule has 9 nitrogen and oxygen atoms in total. The van der Waals surface area contributed by atoms with Crippen molar-refractivity contribution in [1.29, 1.82) is 0 Å². The van der Waals surface area contributed by atoms with Crippen molar-refractivity contribution in [3.63, 3.8) is 0 Å². The van der Waals surface area contributed by atoms with Gasteiger partial charge in [0.15, 0.2) is 0 Å². The Hall–Kier alpha value is -6.36. The van der Waals surface area contributed by atoms with E-state index >= 15 is 0 Å². The Morgan fingerprint density at radius 1 is 0.364 bits per heavy atom. The van der Waals surface area contributed by atoms with Gasteiger partial charge in [0.2, 0.25) is 0 Å². The van der Waals surface area contributed by atoms with E-state index in [4.69, 9.17) is 5.73 Å². The predicted molar refractivity (Wildman–Crippen MR) is 493 cm³/mol. The van der Waals surface area contributed by atoms with Gasteiger partial charge in [-0.15, -0.1) is 0 Å². The van der Waals surface area contributed by atoms with Gasteiger partial charge in [-0.3, -0.25) is 9.98 Å². The molecule has 6 N–H and O–H groups in total. The van der Waals surface area contributed by atoms with E-state index in [0.717, 1.165) is 158 Å². The summed E-state index contributed by atoms with van der Waals surface area (Å²) in [5.41, 5.74) is 23.7. The van der Waals surface area contributed by atoms with E-state index in [1.807, 2.05) is 25.5 Å². The Balaban J connectivity index is 0.0000000996. The van der Waals surface area contributed by atoms with Crippen molar-refractivity contribution < 1.29 is 20.4 Å². The highest BCUT2D eigenvalue weighted by molar-refractivity contribution is 6.00. The lowest BCUT2D eigenvalue weighted by molar-refractivity contribution is -0.122. The molecule has 0 saturated heterocycles. The number of pyridine rings is 1. The molecular formula is C112H145N5O4. The van der Waals surface area contributed by atoms with Gasteiger partial charge in [-0.25, -0.2) is 9.97 Å². The van der Waals surface area contributed by atoms with Crippen molar-refractivity contribution in [2.75, 3.05) is 0 Å². The van der Waals surface area contributed by atoms with E-state index < -0.39 is 0 Å². The van der Waals surface area contributed by atoms with Crippen LogP contribution in [-0.2, 0) is 6.54 Å². The molecule has 121 heavy (non-hydrogen) atoms. The minimum absolute atomic E-state index is 0.0303. The molecule has 9 heteroatoms. The SMILES string of the molecule is C[C@]12CC[C@H](O)C[C@@H]1CC[C@@H]1[C@@H]2CC[C@]2(C)[C@@H](c3ccc4ccccc4c3)CC[C@@H]12.C[C@]12CC[C@H]3[C@@H](CC=C4C[C@@H](O)CC[C@@]43C)[C@@H]1CC[C@@H]2c1ccc2c(c1)CN=C2N.C[C@]12CC[C@H]3[C@@H](CC=C4C[C@@H](O)CC[C@@]43C)[C@@H]1CC[C@@H]2c1ccc2cnccc2c1.Cc1ncc2cc([C@H]3CC[C@H]4[C@@H]5CC=C6C[C@@H](O)CC[C@]6(C)[C@H]5CC[C@]34C)ccc2n1. The quantitative estimate of drug-likeness (QED) is 0.109. The van der Waals surface area contributed by atoms with Crippen molar-refractivity contribution in [2.24, 2.45) is 131 Å². The summed E-state index contributed by atoms with van der Waals surface area (Å²) in [6.45, 7) is 23.4. The Morgan fingerprint density at radius 3 is 1.31 bits per heavy atom. The number of aliphatic hydroxyl groups is 4. The Labute approximate surface area is 724 Å². The number of benzene rings is 5. The monoisotopic (exact) mass is 1620 g/mol. The zero-order valence-electron chi connectivity index (χ0n) is 75.1. The molecule has 17 aliphatic rings. The summed E-state index contributed by atoms with van der Waals surface area (Å²) in [4.78, 5) is 17.8. The summed E-state index contributed by atoms with van der Waals surface area (Å²) in [6, 6.07) is 39.4. The molecule has 16 aliphatic carbocycles. The number of aliphatic hydroxyl groups excluding tert-OH is 4. The first-order chi connectivity index (χ1) is 58.3. The molecule has 5 aromatic carbocycles. The fourth-order valence-corrected chi connectivity index (χ4v) is 34.9. The van der Waals surface area contributed by atoms with E-state index in [0.29, 0.717) is 66.9 Å². The fraction of sp³-hybridized carbons (Fsp3) is 0.643. The summed E-state index contributed by atoms with van der Waals surface area (Å²) in [6.07, 6.45) is 54.3. The van der Waals surface area contributed by atoms with Crippen LogP contribution in [0, 0.1) is 127 Å². The molecule has 24 rings (SSSR count). The normalized spacial score (nSPS) is 43.7. The Kier molecular flexibility index (Phi) is 20.7. The molecule has 29 atom stereocenters. The minimum Gasteiger partial charge on any atom is -0.393 e. The van der Waals surface area contributed by atoms with Crippen LogP contribution in [0.15, 0.2) is 162 Å². The van der Waals surface area contributed by atoms with Crippen LogP contribution in [0.2, 0.25) is 0 Å². The van der Waals surface area contributed by atoms with E-state index in [9.17, 15) is 20.4 Å². The van der Waals surface area contributed by atoms with Gasteiger partial charge in [0.1, 0.15) is 11.7 Å². The molecular weight excluding hydrogens is 1480 g/mol. The highest BCUT2D eigenvalue weighted by atomic mass is 16.3. The van der Waals surface area contributed by atoms with Crippen molar-refractivity contribution in [3.05, 3.63) is 196 Å². The van der Waals surface area contributed by atoms with Gasteiger partial charge in [-0.2, -0.15) is 0 Å². The number of hydrogen-bond donors (Lipinski definition) is 5. The lowest BCUT2D eigenvalue weighted by atomic mass is 9.44. The maximum Gasteiger partial charge on any atom is 0.126 e. The number of fused-ring (bicyclic) bond motifs is 24. The third kappa shape index (κ3) is 13.4. The third-order valence-corrected chi connectivity index (χ3v) is 41.5. The molecule has 0 bridgehead atoms. The maximum absolute atomic E-state index is 10.3. The molecule has 1 aliphatic heterocycles. The maximum atomic E-state index is 10.3. The highest BCUT2D eigenvalue weighted by Gasteiger charge is 2.65. The first-order valence-electron chi connectivity index (χ1n) is 49.6. The molecule has 2 aromatic heterocycles. The molecule has 13 saturated carbocycles. The van der Waals surface area contributed by atoms with Crippen LogP contribution in [0.1, 0.15) is 330 Å². The lowest BCUT2D eigenvalue weighted by Gasteiger charge is -2.61. The number of aryl methyl sites for hydroxylation is 1. The van der Waals surface area contributed by atoms with Crippen molar-refractivity contribution in [1.82, 2.24) is 15.0 Å². The molecule has 0 amide bonds. The van der Waals surface area contributed by atoms with Crippen LogP contribution in [0.4, 0.5) is 0 Å². The smallest absolute Gasteiger partial charge is 0.126 e. The number of rotatable bonds is 4. The van der Waals surface area contributed by atoms with Crippen LogP contribution in [0.25, 0.3) is 32.4 Å². The Bertz CT molecular complexity index is 5250. The lowest BCUT2D eigenvalue weighted by Crippen LogP contribution is -2.53. The topological polar surface area (TPSA) is 158 Å². The molecule has 13 fully saturated rings. The average molecular weight is 1630 g/mol. The second-order valence-corrected chi connectivity index (χ2v) is 46.2. The molecule has 3 heterocycles. The highest BCUT2D eigenvalue weighted by Crippen LogP contribution is 2.74. The molecule has 0 radical (unpaired) electrons. The summed E-state index contributed by atoms with van der Waals surface area (Å²) in [7, 11) is 0. The number of hydrogen-bond acceptors (Lipinski definition) is 9. The number of aromatic nitrogens is 3. The first kappa shape index (κ1) is 81.7. The second kappa shape index (κ2) is 30.7.